The van der Waals surface area contributed by atoms with Gasteiger partial charge in [0.2, 0.25) is 5.91 Å². The minimum Gasteiger partial charge on any atom is -0.456 e. The van der Waals surface area contributed by atoms with Crippen LogP contribution in [-0.2, 0) is 14.3 Å². The highest BCUT2D eigenvalue weighted by Crippen LogP contribution is 2.18. The molecule has 6 heteroatoms. The summed E-state index contributed by atoms with van der Waals surface area (Å²) in [4.78, 5) is 34.0. The summed E-state index contributed by atoms with van der Waals surface area (Å²) in [6, 6.07) is 6.11. The number of amides is 2. The molecular weight excluding hydrogens is 272 g/mol. The molecule has 0 aliphatic carbocycles. The minimum atomic E-state index is -0.538. The summed E-state index contributed by atoms with van der Waals surface area (Å²) < 4.78 is 4.89. The van der Waals surface area contributed by atoms with E-state index < -0.39 is 17.8 Å². The molecule has 6 nitrogen and oxygen atoms in total. The first-order chi connectivity index (χ1) is 9.67. The molecule has 1 rings (SSSR count). The van der Waals surface area contributed by atoms with Crippen LogP contribution in [0.15, 0.2) is 24.3 Å². The second-order valence-electron chi connectivity index (χ2n) is 5.89. The van der Waals surface area contributed by atoms with E-state index in [1.165, 1.54) is 12.1 Å². The zero-order valence-corrected chi connectivity index (χ0v) is 12.4. The number of carbonyl (C=O) groups excluding carboxylic acids is 3. The van der Waals surface area contributed by atoms with E-state index in [1.54, 1.807) is 12.1 Å². The third-order valence-electron chi connectivity index (χ3n) is 2.49. The number of hydrogen-bond donors (Lipinski definition) is 2. The van der Waals surface area contributed by atoms with Crippen LogP contribution in [0.5, 0.6) is 0 Å². The minimum absolute atomic E-state index is 0.182. The van der Waals surface area contributed by atoms with Gasteiger partial charge >= 0.3 is 5.97 Å². The molecule has 1 aromatic rings. The second-order valence-corrected chi connectivity index (χ2v) is 5.89. The zero-order chi connectivity index (χ0) is 16.0. The van der Waals surface area contributed by atoms with Crippen molar-refractivity contribution < 1.29 is 19.1 Å². The highest BCUT2D eigenvalue weighted by Gasteiger charge is 2.17. The molecule has 3 N–H and O–H groups in total. The van der Waals surface area contributed by atoms with Crippen LogP contribution in [0.2, 0.25) is 0 Å². The van der Waals surface area contributed by atoms with E-state index in [9.17, 15) is 14.4 Å². The summed E-state index contributed by atoms with van der Waals surface area (Å²) in [5.74, 6) is -1.39. The number of nitrogens with two attached hydrogens (primary N) is 1. The number of nitrogens with one attached hydrogen (secondary N) is 1. The van der Waals surface area contributed by atoms with Gasteiger partial charge in [-0.1, -0.05) is 20.8 Å². The standard InChI is InChI=1S/C15H20N2O4/c1-15(2,3)8-13(19)21-9-12(18)17-11-6-4-10(5-7-11)14(16)20/h4-7H,8-9H2,1-3H3,(H2,16,20)(H,17,18). The quantitative estimate of drug-likeness (QED) is 0.807. The smallest absolute Gasteiger partial charge is 0.306 e. The van der Waals surface area contributed by atoms with E-state index >= 15 is 0 Å². The van der Waals surface area contributed by atoms with Crippen LogP contribution < -0.4 is 11.1 Å². The lowest BCUT2D eigenvalue weighted by molar-refractivity contribution is -0.149. The van der Waals surface area contributed by atoms with Crippen LogP contribution in [0.3, 0.4) is 0 Å². The van der Waals surface area contributed by atoms with Gasteiger partial charge in [0, 0.05) is 11.3 Å². The fourth-order valence-corrected chi connectivity index (χ4v) is 1.54. The maximum Gasteiger partial charge on any atom is 0.306 e. The number of benzene rings is 1. The molecule has 0 aromatic heterocycles. The first-order valence-corrected chi connectivity index (χ1v) is 6.53. The van der Waals surface area contributed by atoms with Crippen molar-refractivity contribution in [2.75, 3.05) is 11.9 Å². The van der Waals surface area contributed by atoms with Crippen LogP contribution >= 0.6 is 0 Å². The van der Waals surface area contributed by atoms with Gasteiger partial charge in [-0.25, -0.2) is 0 Å². The Balaban J connectivity index is 2.43. The summed E-state index contributed by atoms with van der Waals surface area (Å²) in [7, 11) is 0. The summed E-state index contributed by atoms with van der Waals surface area (Å²) in [6.45, 7) is 5.39. The van der Waals surface area contributed by atoms with Gasteiger partial charge in [0.1, 0.15) is 0 Å². The number of carbonyl (C=O) groups is 3. The van der Waals surface area contributed by atoms with Gasteiger partial charge in [-0.05, 0) is 29.7 Å². The monoisotopic (exact) mass is 292 g/mol. The number of rotatable bonds is 5. The summed E-state index contributed by atoms with van der Waals surface area (Å²) in [5, 5.41) is 2.56. The van der Waals surface area contributed by atoms with Gasteiger partial charge in [0.25, 0.3) is 5.91 Å². The molecular formula is C15H20N2O4. The zero-order valence-electron chi connectivity index (χ0n) is 12.4. The van der Waals surface area contributed by atoms with Gasteiger partial charge in [0.05, 0.1) is 6.42 Å². The van der Waals surface area contributed by atoms with E-state index in [-0.39, 0.29) is 18.4 Å². The van der Waals surface area contributed by atoms with E-state index in [0.717, 1.165) is 0 Å². The number of hydrogen-bond acceptors (Lipinski definition) is 4. The molecule has 114 valence electrons. The van der Waals surface area contributed by atoms with Gasteiger partial charge in [0.15, 0.2) is 6.61 Å². The van der Waals surface area contributed by atoms with E-state index in [1.807, 2.05) is 20.8 Å². The fourth-order valence-electron chi connectivity index (χ4n) is 1.54. The van der Waals surface area contributed by atoms with Crippen LogP contribution in [0.1, 0.15) is 37.6 Å². The van der Waals surface area contributed by atoms with Gasteiger partial charge in [-0.2, -0.15) is 0 Å². The lowest BCUT2D eigenvalue weighted by Crippen LogP contribution is -2.23. The molecule has 0 saturated heterocycles. The predicted octanol–water partition coefficient (Wildman–Crippen LogP) is 1.70. The lowest BCUT2D eigenvalue weighted by atomic mass is 9.92. The Kier molecular flexibility index (Phi) is 5.46. The molecule has 0 saturated carbocycles. The molecule has 21 heavy (non-hydrogen) atoms. The highest BCUT2D eigenvalue weighted by molar-refractivity contribution is 5.95. The number of esters is 1. The molecule has 0 radical (unpaired) electrons. The Labute approximate surface area is 123 Å². The van der Waals surface area contributed by atoms with Crippen LogP contribution in [0, 0.1) is 5.41 Å². The third kappa shape index (κ3) is 6.56. The number of ether oxygens (including phenoxy) is 1. The molecule has 0 unspecified atom stereocenters. The Morgan fingerprint density at radius 3 is 2.19 bits per heavy atom. The Hall–Kier alpha value is -2.37. The van der Waals surface area contributed by atoms with Crippen molar-refractivity contribution in [1.29, 1.82) is 0 Å². The van der Waals surface area contributed by atoms with Crippen molar-refractivity contribution in [2.24, 2.45) is 11.1 Å². The van der Waals surface area contributed by atoms with Crippen molar-refractivity contribution in [1.82, 2.24) is 0 Å². The molecule has 0 bridgehead atoms. The van der Waals surface area contributed by atoms with Crippen LogP contribution in [0.25, 0.3) is 0 Å². The van der Waals surface area contributed by atoms with E-state index in [2.05, 4.69) is 5.32 Å². The summed E-state index contributed by atoms with van der Waals surface area (Å²) in [6.07, 6.45) is 0.244. The Morgan fingerprint density at radius 1 is 1.14 bits per heavy atom. The van der Waals surface area contributed by atoms with Gasteiger partial charge < -0.3 is 15.8 Å². The molecule has 0 fully saturated rings. The first kappa shape index (κ1) is 16.7. The highest BCUT2D eigenvalue weighted by atomic mass is 16.5. The van der Waals surface area contributed by atoms with Crippen molar-refractivity contribution in [3.8, 4) is 0 Å². The molecule has 0 heterocycles. The van der Waals surface area contributed by atoms with Crippen molar-refractivity contribution in [3.63, 3.8) is 0 Å². The average Bonchev–Trinajstić information content (AvgIpc) is 2.35. The Bertz CT molecular complexity index is 530. The summed E-state index contributed by atoms with van der Waals surface area (Å²) >= 11 is 0. The van der Waals surface area contributed by atoms with Crippen LogP contribution in [0.4, 0.5) is 5.69 Å². The van der Waals surface area contributed by atoms with E-state index in [0.29, 0.717) is 11.3 Å². The number of anilines is 1. The maximum absolute atomic E-state index is 11.6. The maximum atomic E-state index is 11.6. The molecule has 0 aliphatic rings. The summed E-state index contributed by atoms with van der Waals surface area (Å²) in [5.41, 5.74) is 5.78. The topological polar surface area (TPSA) is 98.5 Å². The molecule has 0 atom stereocenters. The molecule has 0 spiro atoms. The van der Waals surface area contributed by atoms with E-state index in [4.69, 9.17) is 10.5 Å². The first-order valence-electron chi connectivity index (χ1n) is 6.53. The van der Waals surface area contributed by atoms with Crippen molar-refractivity contribution >= 4 is 23.5 Å². The largest absolute Gasteiger partial charge is 0.456 e. The normalized spacial score (nSPS) is 10.8. The third-order valence-corrected chi connectivity index (χ3v) is 2.49. The fraction of sp³-hybridized carbons (Fsp3) is 0.400. The molecule has 2 amide bonds. The molecule has 0 aliphatic heterocycles. The van der Waals surface area contributed by atoms with Gasteiger partial charge in [-0.3, -0.25) is 14.4 Å². The van der Waals surface area contributed by atoms with Gasteiger partial charge in [-0.15, -0.1) is 0 Å². The van der Waals surface area contributed by atoms with Crippen molar-refractivity contribution in [2.45, 2.75) is 27.2 Å². The lowest BCUT2D eigenvalue weighted by Gasteiger charge is -2.16. The molecule has 1 aromatic carbocycles. The van der Waals surface area contributed by atoms with Crippen LogP contribution in [-0.4, -0.2) is 24.4 Å². The SMILES string of the molecule is CC(C)(C)CC(=O)OCC(=O)Nc1ccc(C(N)=O)cc1. The predicted molar refractivity (Wildman–Crippen MR) is 78.6 cm³/mol. The Morgan fingerprint density at radius 2 is 1.71 bits per heavy atom. The second kappa shape index (κ2) is 6.88. The average molecular weight is 292 g/mol. The number of primary amides is 1. The van der Waals surface area contributed by atoms with Crippen molar-refractivity contribution in [3.05, 3.63) is 29.8 Å².